The van der Waals surface area contributed by atoms with Gasteiger partial charge in [-0.25, -0.2) is 0 Å². The first-order chi connectivity index (χ1) is 4.09. The lowest BCUT2D eigenvalue weighted by atomic mass is 10.2. The second-order valence-electron chi connectivity index (χ2n) is 1.34. The summed E-state index contributed by atoms with van der Waals surface area (Å²) in [5.41, 5.74) is 4.72. The van der Waals surface area contributed by atoms with Crippen molar-refractivity contribution in [3.05, 3.63) is 0 Å². The van der Waals surface area contributed by atoms with E-state index in [-0.39, 0.29) is 0 Å². The predicted molar refractivity (Wildman–Crippen MR) is 33.8 cm³/mol. The van der Waals surface area contributed by atoms with Gasteiger partial charge in [-0.05, 0) is 0 Å². The standard InChI is InChI=1S/C4H4Cl2N2O/c5-3(6)2(1-7)4(8)9/h2-3H,(H2,8,9). The molecule has 0 saturated heterocycles. The largest absolute Gasteiger partial charge is 0.368 e. The van der Waals surface area contributed by atoms with E-state index in [1.54, 1.807) is 6.07 Å². The average Bonchev–Trinajstić information content (AvgIpc) is 1.64. The lowest BCUT2D eigenvalue weighted by molar-refractivity contribution is -0.119. The minimum absolute atomic E-state index is 0.799. The first-order valence-electron chi connectivity index (χ1n) is 2.06. The zero-order valence-electron chi connectivity index (χ0n) is 4.34. The Morgan fingerprint density at radius 3 is 2.11 bits per heavy atom. The summed E-state index contributed by atoms with van der Waals surface area (Å²) in [6, 6.07) is 1.56. The molecule has 0 aliphatic heterocycles. The van der Waals surface area contributed by atoms with Gasteiger partial charge in [0.2, 0.25) is 5.91 Å². The predicted octanol–water partition coefficient (Wildman–Crippen LogP) is 0.415. The van der Waals surface area contributed by atoms with Crippen LogP contribution < -0.4 is 5.73 Å². The molecule has 1 amide bonds. The summed E-state index contributed by atoms with van der Waals surface area (Å²) in [5.74, 6) is -1.90. The van der Waals surface area contributed by atoms with Crippen LogP contribution >= 0.6 is 23.2 Å². The maximum Gasteiger partial charge on any atom is 0.237 e. The van der Waals surface area contributed by atoms with Gasteiger partial charge in [0.15, 0.2) is 5.92 Å². The third-order valence-corrected chi connectivity index (χ3v) is 1.20. The minimum atomic E-state index is -1.10. The number of carbonyl (C=O) groups excluding carboxylic acids is 1. The molecule has 0 fully saturated rings. The smallest absolute Gasteiger partial charge is 0.237 e. The Balaban J connectivity index is 4.04. The number of hydrogen-bond acceptors (Lipinski definition) is 2. The summed E-state index contributed by atoms with van der Waals surface area (Å²) in [7, 11) is 0. The van der Waals surface area contributed by atoms with Crippen molar-refractivity contribution in [1.82, 2.24) is 0 Å². The van der Waals surface area contributed by atoms with Gasteiger partial charge in [-0.15, -0.1) is 23.2 Å². The molecule has 0 aromatic rings. The molecule has 0 aromatic carbocycles. The van der Waals surface area contributed by atoms with E-state index >= 15 is 0 Å². The highest BCUT2D eigenvalue weighted by atomic mass is 35.5. The summed E-state index contributed by atoms with van der Waals surface area (Å²) >= 11 is 10.4. The van der Waals surface area contributed by atoms with Crippen LogP contribution in [-0.4, -0.2) is 10.7 Å². The van der Waals surface area contributed by atoms with Crippen molar-refractivity contribution in [2.24, 2.45) is 11.7 Å². The fraction of sp³-hybridized carbons (Fsp3) is 0.500. The van der Waals surface area contributed by atoms with Gasteiger partial charge in [0.05, 0.1) is 6.07 Å². The van der Waals surface area contributed by atoms with E-state index in [0.29, 0.717) is 0 Å². The molecule has 1 unspecified atom stereocenters. The van der Waals surface area contributed by atoms with Gasteiger partial charge in [0.25, 0.3) is 0 Å². The van der Waals surface area contributed by atoms with E-state index < -0.39 is 16.7 Å². The highest BCUT2D eigenvalue weighted by Crippen LogP contribution is 2.13. The summed E-state index contributed by atoms with van der Waals surface area (Å²) < 4.78 is 0. The van der Waals surface area contributed by atoms with Gasteiger partial charge in [0, 0.05) is 0 Å². The highest BCUT2D eigenvalue weighted by molar-refractivity contribution is 6.45. The van der Waals surface area contributed by atoms with Crippen LogP contribution in [0.2, 0.25) is 0 Å². The Morgan fingerprint density at radius 2 is 2.11 bits per heavy atom. The van der Waals surface area contributed by atoms with Crippen molar-refractivity contribution < 1.29 is 4.79 Å². The van der Waals surface area contributed by atoms with Gasteiger partial charge in [-0.1, -0.05) is 0 Å². The molecule has 0 rings (SSSR count). The van der Waals surface area contributed by atoms with Crippen LogP contribution in [0.3, 0.4) is 0 Å². The van der Waals surface area contributed by atoms with Crippen molar-refractivity contribution in [3.8, 4) is 6.07 Å². The van der Waals surface area contributed by atoms with Gasteiger partial charge in [0.1, 0.15) is 4.84 Å². The molecule has 0 aromatic heterocycles. The number of amides is 1. The van der Waals surface area contributed by atoms with Crippen molar-refractivity contribution in [2.75, 3.05) is 0 Å². The van der Waals surface area contributed by atoms with Gasteiger partial charge in [-0.2, -0.15) is 5.26 Å². The molecule has 9 heavy (non-hydrogen) atoms. The molecule has 0 heterocycles. The van der Waals surface area contributed by atoms with Gasteiger partial charge in [-0.3, -0.25) is 4.79 Å². The summed E-state index contributed by atoms with van der Waals surface area (Å²) in [6.45, 7) is 0. The van der Waals surface area contributed by atoms with Crippen LogP contribution in [0, 0.1) is 17.2 Å². The molecule has 0 radical (unpaired) electrons. The molecular formula is C4H4Cl2N2O. The molecule has 0 aliphatic rings. The molecule has 0 spiro atoms. The number of hydrogen-bond donors (Lipinski definition) is 1. The van der Waals surface area contributed by atoms with E-state index in [1.165, 1.54) is 0 Å². The third-order valence-electron chi connectivity index (χ3n) is 0.698. The fourth-order valence-electron chi connectivity index (χ4n) is 0.244. The molecule has 5 heteroatoms. The van der Waals surface area contributed by atoms with Crippen molar-refractivity contribution >= 4 is 29.1 Å². The minimum Gasteiger partial charge on any atom is -0.368 e. The normalized spacial score (nSPS) is 12.7. The zero-order chi connectivity index (χ0) is 7.44. The van der Waals surface area contributed by atoms with E-state index in [9.17, 15) is 4.79 Å². The fourth-order valence-corrected chi connectivity index (χ4v) is 0.605. The Bertz CT molecular complexity index is 151. The second-order valence-corrected chi connectivity index (χ2v) is 2.51. The Morgan fingerprint density at radius 1 is 1.67 bits per heavy atom. The number of nitriles is 1. The van der Waals surface area contributed by atoms with Crippen LogP contribution in [-0.2, 0) is 4.79 Å². The number of nitrogens with two attached hydrogens (primary N) is 1. The summed E-state index contributed by atoms with van der Waals surface area (Å²) in [5, 5.41) is 8.15. The zero-order valence-corrected chi connectivity index (χ0v) is 5.86. The lowest BCUT2D eigenvalue weighted by Gasteiger charge is -2.01. The average molecular weight is 167 g/mol. The maximum absolute atomic E-state index is 10.2. The number of alkyl halides is 2. The quantitative estimate of drug-likeness (QED) is 0.605. The number of carbonyl (C=O) groups is 1. The first kappa shape index (κ1) is 8.54. The topological polar surface area (TPSA) is 66.9 Å². The molecule has 0 saturated carbocycles. The highest BCUT2D eigenvalue weighted by Gasteiger charge is 2.21. The van der Waals surface area contributed by atoms with Crippen LogP contribution in [0.25, 0.3) is 0 Å². The second kappa shape index (κ2) is 3.54. The van der Waals surface area contributed by atoms with Gasteiger partial charge < -0.3 is 5.73 Å². The van der Waals surface area contributed by atoms with Gasteiger partial charge >= 0.3 is 0 Å². The first-order valence-corrected chi connectivity index (χ1v) is 2.94. The molecule has 2 N–H and O–H groups in total. The number of halogens is 2. The number of rotatable bonds is 2. The van der Waals surface area contributed by atoms with Crippen LogP contribution in [0.15, 0.2) is 0 Å². The molecule has 50 valence electrons. The molecule has 0 aliphatic carbocycles. The molecule has 0 bridgehead atoms. The summed E-state index contributed by atoms with van der Waals surface area (Å²) in [4.78, 5) is 9.17. The monoisotopic (exact) mass is 166 g/mol. The summed E-state index contributed by atoms with van der Waals surface area (Å²) in [6.07, 6.45) is 0. The Kier molecular flexibility index (Phi) is 3.36. The Hall–Kier alpha value is -0.460. The van der Waals surface area contributed by atoms with Crippen LogP contribution in [0.1, 0.15) is 0 Å². The molecule has 1 atom stereocenters. The van der Waals surface area contributed by atoms with E-state index in [2.05, 4.69) is 0 Å². The number of nitrogens with zero attached hydrogens (tertiary/aromatic N) is 1. The van der Waals surface area contributed by atoms with Crippen molar-refractivity contribution in [2.45, 2.75) is 4.84 Å². The third kappa shape index (κ3) is 2.54. The van der Waals surface area contributed by atoms with Crippen molar-refractivity contribution in [1.29, 1.82) is 5.26 Å². The lowest BCUT2D eigenvalue weighted by Crippen LogP contribution is -2.26. The van der Waals surface area contributed by atoms with Crippen LogP contribution in [0.4, 0.5) is 0 Å². The number of primary amides is 1. The van der Waals surface area contributed by atoms with E-state index in [4.69, 9.17) is 34.2 Å². The molecule has 3 nitrogen and oxygen atoms in total. The van der Waals surface area contributed by atoms with E-state index in [0.717, 1.165) is 0 Å². The molecular weight excluding hydrogens is 163 g/mol. The maximum atomic E-state index is 10.2. The SMILES string of the molecule is N#CC(C(N)=O)C(Cl)Cl. The van der Waals surface area contributed by atoms with E-state index in [1.807, 2.05) is 0 Å². The van der Waals surface area contributed by atoms with Crippen LogP contribution in [0.5, 0.6) is 0 Å². The Labute approximate surface area is 62.3 Å². The van der Waals surface area contributed by atoms with Crippen molar-refractivity contribution in [3.63, 3.8) is 0 Å².